The fourth-order valence-corrected chi connectivity index (χ4v) is 2.46. The van der Waals surface area contributed by atoms with Crippen LogP contribution in [0.15, 0.2) is 40.4 Å². The van der Waals surface area contributed by atoms with E-state index in [4.69, 9.17) is 4.74 Å². The van der Waals surface area contributed by atoms with Gasteiger partial charge in [0.15, 0.2) is 5.16 Å². The van der Waals surface area contributed by atoms with Crippen LogP contribution in [-0.2, 0) is 0 Å². The van der Waals surface area contributed by atoms with Crippen LogP contribution in [0, 0.1) is 0 Å². The normalized spacial score (nSPS) is 11.1. The van der Waals surface area contributed by atoms with E-state index in [1.807, 2.05) is 24.6 Å². The maximum atomic E-state index is 12.4. The Morgan fingerprint density at radius 2 is 2.11 bits per heavy atom. The van der Waals surface area contributed by atoms with Crippen molar-refractivity contribution in [1.82, 2.24) is 14.6 Å². The second-order valence-electron chi connectivity index (χ2n) is 3.98. The molecule has 96 valence electrons. The predicted molar refractivity (Wildman–Crippen MR) is 75.1 cm³/mol. The van der Waals surface area contributed by atoms with Crippen molar-refractivity contribution in [1.29, 1.82) is 0 Å². The van der Waals surface area contributed by atoms with Gasteiger partial charge < -0.3 is 4.74 Å². The zero-order valence-electron chi connectivity index (χ0n) is 10.5. The number of nitrogens with zero attached hydrogens (tertiary/aromatic N) is 3. The van der Waals surface area contributed by atoms with Crippen molar-refractivity contribution in [2.24, 2.45) is 0 Å². The van der Waals surface area contributed by atoms with Crippen molar-refractivity contribution >= 4 is 28.2 Å². The van der Waals surface area contributed by atoms with Gasteiger partial charge in [-0.05, 0) is 35.9 Å². The Balaban J connectivity index is 2.48. The number of hydrogen-bond donors (Lipinski definition) is 0. The molecule has 0 saturated carbocycles. The molecule has 0 aliphatic heterocycles. The molecule has 1 aromatic carbocycles. The third kappa shape index (κ3) is 1.84. The zero-order valence-corrected chi connectivity index (χ0v) is 11.3. The van der Waals surface area contributed by atoms with Crippen molar-refractivity contribution in [2.45, 2.75) is 5.16 Å². The quantitative estimate of drug-likeness (QED) is 0.668. The summed E-state index contributed by atoms with van der Waals surface area (Å²) in [4.78, 5) is 12.4. The Bertz CT molecular complexity index is 829. The lowest BCUT2D eigenvalue weighted by Crippen LogP contribution is -2.01. The van der Waals surface area contributed by atoms with E-state index in [1.54, 1.807) is 23.6 Å². The molecule has 19 heavy (non-hydrogen) atoms. The van der Waals surface area contributed by atoms with E-state index in [9.17, 15) is 4.79 Å². The number of methoxy groups -OCH3 is 1. The smallest absolute Gasteiger partial charge is 0.231 e. The van der Waals surface area contributed by atoms with E-state index in [0.717, 1.165) is 11.1 Å². The van der Waals surface area contributed by atoms with Crippen LogP contribution >= 0.6 is 11.8 Å². The Hall–Kier alpha value is -2.08. The van der Waals surface area contributed by atoms with Gasteiger partial charge in [-0.25, -0.2) is 0 Å². The SMILES string of the molecule is COc1ccc2c(=O)c3nnc(SC)n3ccc2c1. The lowest BCUT2D eigenvalue weighted by Gasteiger charge is -1.98. The van der Waals surface area contributed by atoms with Gasteiger partial charge in [-0.3, -0.25) is 9.20 Å². The lowest BCUT2D eigenvalue weighted by atomic mass is 10.2. The summed E-state index contributed by atoms with van der Waals surface area (Å²) in [6, 6.07) is 7.23. The maximum absolute atomic E-state index is 12.4. The van der Waals surface area contributed by atoms with Gasteiger partial charge in [-0.15, -0.1) is 10.2 Å². The molecule has 3 aromatic rings. The van der Waals surface area contributed by atoms with Gasteiger partial charge in [-0.1, -0.05) is 11.8 Å². The molecule has 0 unspecified atom stereocenters. The highest BCUT2D eigenvalue weighted by molar-refractivity contribution is 7.98. The van der Waals surface area contributed by atoms with Crippen molar-refractivity contribution in [3.63, 3.8) is 0 Å². The van der Waals surface area contributed by atoms with E-state index in [0.29, 0.717) is 16.2 Å². The first-order valence-corrected chi connectivity index (χ1v) is 6.87. The number of fused-ring (bicyclic) bond motifs is 2. The summed E-state index contributed by atoms with van der Waals surface area (Å²) in [6.45, 7) is 0. The number of benzene rings is 1. The molecular formula is C13H11N3O2S. The standard InChI is InChI=1S/C13H11N3O2S/c1-18-9-3-4-10-8(7-9)5-6-16-12(11(10)17)14-15-13(16)19-2/h3-7H,1-2H3. The van der Waals surface area contributed by atoms with Crippen LogP contribution in [0.1, 0.15) is 0 Å². The highest BCUT2D eigenvalue weighted by Crippen LogP contribution is 2.19. The van der Waals surface area contributed by atoms with Crippen LogP contribution in [0.3, 0.4) is 0 Å². The maximum Gasteiger partial charge on any atom is 0.231 e. The van der Waals surface area contributed by atoms with E-state index in [2.05, 4.69) is 10.2 Å². The summed E-state index contributed by atoms with van der Waals surface area (Å²) in [5, 5.41) is 10.1. The van der Waals surface area contributed by atoms with E-state index < -0.39 is 0 Å². The topological polar surface area (TPSA) is 56.5 Å². The summed E-state index contributed by atoms with van der Waals surface area (Å²) in [5.41, 5.74) is 0.208. The van der Waals surface area contributed by atoms with E-state index in [1.165, 1.54) is 11.8 Å². The number of hydrogen-bond acceptors (Lipinski definition) is 5. The first-order valence-electron chi connectivity index (χ1n) is 5.64. The van der Waals surface area contributed by atoms with Crippen LogP contribution in [0.5, 0.6) is 5.75 Å². The molecule has 5 nitrogen and oxygen atoms in total. The Morgan fingerprint density at radius 3 is 2.84 bits per heavy atom. The third-order valence-corrected chi connectivity index (χ3v) is 3.60. The van der Waals surface area contributed by atoms with Gasteiger partial charge in [0.05, 0.1) is 7.11 Å². The largest absolute Gasteiger partial charge is 0.497 e. The summed E-state index contributed by atoms with van der Waals surface area (Å²) in [7, 11) is 1.60. The summed E-state index contributed by atoms with van der Waals surface area (Å²) in [6.07, 6.45) is 3.71. The molecule has 0 fully saturated rings. The average molecular weight is 273 g/mol. The van der Waals surface area contributed by atoms with Gasteiger partial charge in [0, 0.05) is 11.6 Å². The minimum Gasteiger partial charge on any atom is -0.497 e. The minimum absolute atomic E-state index is 0.129. The number of thioether (sulfide) groups is 1. The molecule has 0 amide bonds. The molecule has 0 aliphatic carbocycles. The van der Waals surface area contributed by atoms with Gasteiger partial charge >= 0.3 is 0 Å². The minimum atomic E-state index is -0.129. The molecule has 0 spiro atoms. The molecule has 2 heterocycles. The van der Waals surface area contributed by atoms with Crippen LogP contribution in [0.2, 0.25) is 0 Å². The molecule has 0 atom stereocenters. The highest BCUT2D eigenvalue weighted by atomic mass is 32.2. The first-order chi connectivity index (χ1) is 9.24. The molecule has 0 saturated heterocycles. The van der Waals surface area contributed by atoms with Crippen molar-refractivity contribution < 1.29 is 4.74 Å². The van der Waals surface area contributed by atoms with Crippen molar-refractivity contribution in [3.05, 3.63) is 40.7 Å². The fraction of sp³-hybridized carbons (Fsp3) is 0.154. The summed E-state index contributed by atoms with van der Waals surface area (Å²) < 4.78 is 6.88. The monoisotopic (exact) mass is 273 g/mol. The predicted octanol–water partition coefficient (Wildman–Crippen LogP) is 1.97. The van der Waals surface area contributed by atoms with Gasteiger partial charge in [0.2, 0.25) is 11.1 Å². The summed E-state index contributed by atoms with van der Waals surface area (Å²) >= 11 is 1.45. The second-order valence-corrected chi connectivity index (χ2v) is 4.75. The molecule has 0 radical (unpaired) electrons. The van der Waals surface area contributed by atoms with Gasteiger partial charge in [0.25, 0.3) is 0 Å². The number of ether oxygens (including phenoxy) is 1. The fourth-order valence-electron chi connectivity index (χ4n) is 1.99. The van der Waals surface area contributed by atoms with Crippen LogP contribution in [0.25, 0.3) is 16.4 Å². The van der Waals surface area contributed by atoms with Crippen LogP contribution in [0.4, 0.5) is 0 Å². The van der Waals surface area contributed by atoms with Crippen molar-refractivity contribution in [3.8, 4) is 5.75 Å². The van der Waals surface area contributed by atoms with Crippen molar-refractivity contribution in [2.75, 3.05) is 13.4 Å². The average Bonchev–Trinajstić information content (AvgIpc) is 2.81. The molecule has 0 N–H and O–H groups in total. The zero-order chi connectivity index (χ0) is 13.4. The van der Waals surface area contributed by atoms with E-state index >= 15 is 0 Å². The second kappa shape index (κ2) is 4.55. The molecule has 0 aliphatic rings. The molecule has 2 aromatic heterocycles. The third-order valence-electron chi connectivity index (χ3n) is 2.96. The Labute approximate surface area is 113 Å². The number of aromatic nitrogens is 3. The molecule has 3 rings (SSSR count). The Kier molecular flexibility index (Phi) is 2.87. The van der Waals surface area contributed by atoms with Gasteiger partial charge in [-0.2, -0.15) is 0 Å². The molecule has 0 bridgehead atoms. The number of rotatable bonds is 2. The molecular weight excluding hydrogens is 262 g/mol. The highest BCUT2D eigenvalue weighted by Gasteiger charge is 2.09. The van der Waals surface area contributed by atoms with E-state index in [-0.39, 0.29) is 5.43 Å². The van der Waals surface area contributed by atoms with Crippen LogP contribution < -0.4 is 10.2 Å². The lowest BCUT2D eigenvalue weighted by molar-refractivity contribution is 0.415. The molecule has 6 heteroatoms. The summed E-state index contributed by atoms with van der Waals surface area (Å²) in [5.74, 6) is 0.721. The Morgan fingerprint density at radius 1 is 1.26 bits per heavy atom. The van der Waals surface area contributed by atoms with Crippen LogP contribution in [-0.4, -0.2) is 28.0 Å². The van der Waals surface area contributed by atoms with Gasteiger partial charge in [0.1, 0.15) is 5.75 Å². The first kappa shape index (κ1) is 12.0.